The van der Waals surface area contributed by atoms with Gasteiger partial charge in [0.05, 0.1) is 23.4 Å². The summed E-state index contributed by atoms with van der Waals surface area (Å²) in [5, 5.41) is 6.77. The van der Waals surface area contributed by atoms with Crippen molar-refractivity contribution in [1.29, 1.82) is 0 Å². The molecule has 2 N–H and O–H groups in total. The molecule has 4 nitrogen and oxygen atoms in total. The van der Waals surface area contributed by atoms with Crippen LogP contribution >= 0.6 is 23.2 Å². The number of benzene rings is 1. The van der Waals surface area contributed by atoms with Crippen molar-refractivity contribution in [2.75, 3.05) is 25.0 Å². The van der Waals surface area contributed by atoms with Crippen LogP contribution < -0.4 is 10.6 Å². The molecule has 1 aliphatic heterocycles. The Morgan fingerprint density at radius 2 is 2.26 bits per heavy atom. The molecule has 1 unspecified atom stereocenters. The predicted octanol–water partition coefficient (Wildman–Crippen LogP) is 2.70. The van der Waals surface area contributed by atoms with E-state index in [4.69, 9.17) is 27.9 Å². The third-order valence-electron chi connectivity index (χ3n) is 2.89. The molecule has 0 bridgehead atoms. The molecular formula is C13H16Cl2N2O2. The Hall–Kier alpha value is -0.810. The molecule has 1 aromatic rings. The Kier molecular flexibility index (Phi) is 5.45. The monoisotopic (exact) mass is 302 g/mol. The number of hydrogen-bond donors (Lipinski definition) is 2. The van der Waals surface area contributed by atoms with Gasteiger partial charge in [-0.1, -0.05) is 23.2 Å². The summed E-state index contributed by atoms with van der Waals surface area (Å²) in [6, 6.07) is 4.96. The molecule has 6 heteroatoms. The molecule has 1 aromatic carbocycles. The predicted molar refractivity (Wildman–Crippen MR) is 76.9 cm³/mol. The Morgan fingerprint density at radius 1 is 1.42 bits per heavy atom. The van der Waals surface area contributed by atoms with Gasteiger partial charge in [-0.15, -0.1) is 0 Å². The second-order valence-electron chi connectivity index (χ2n) is 4.44. The van der Waals surface area contributed by atoms with Gasteiger partial charge in [0.1, 0.15) is 0 Å². The van der Waals surface area contributed by atoms with Gasteiger partial charge in [-0.2, -0.15) is 0 Å². The second-order valence-corrected chi connectivity index (χ2v) is 5.28. The summed E-state index contributed by atoms with van der Waals surface area (Å²) in [7, 11) is 0. The molecule has 1 atom stereocenters. The minimum absolute atomic E-state index is 0.137. The van der Waals surface area contributed by atoms with Gasteiger partial charge in [0, 0.05) is 18.2 Å². The van der Waals surface area contributed by atoms with Crippen LogP contribution in [0.2, 0.25) is 10.0 Å². The lowest BCUT2D eigenvalue weighted by Crippen LogP contribution is -2.33. The molecule has 1 fully saturated rings. The van der Waals surface area contributed by atoms with Gasteiger partial charge in [0.2, 0.25) is 5.91 Å². The number of rotatable bonds is 5. The molecule has 19 heavy (non-hydrogen) atoms. The maximum absolute atomic E-state index is 11.7. The fourth-order valence-corrected chi connectivity index (χ4v) is 2.39. The van der Waals surface area contributed by atoms with Gasteiger partial charge >= 0.3 is 0 Å². The number of amides is 1. The number of nitrogens with one attached hydrogen (secondary N) is 2. The number of carbonyl (C=O) groups is 1. The van der Waals surface area contributed by atoms with Gasteiger partial charge in [0.25, 0.3) is 0 Å². The lowest BCUT2D eigenvalue weighted by atomic mass is 10.2. The van der Waals surface area contributed by atoms with Crippen LogP contribution in [-0.4, -0.2) is 31.7 Å². The summed E-state index contributed by atoms with van der Waals surface area (Å²) in [6.45, 7) is 1.75. The summed E-state index contributed by atoms with van der Waals surface area (Å²) in [5.41, 5.74) is 0.565. The molecule has 1 heterocycles. The molecule has 1 aliphatic rings. The lowest BCUT2D eigenvalue weighted by molar-refractivity contribution is -0.115. The number of halogens is 2. The minimum Gasteiger partial charge on any atom is -0.377 e. The van der Waals surface area contributed by atoms with Crippen LogP contribution in [0.25, 0.3) is 0 Å². The normalized spacial score (nSPS) is 18.5. The van der Waals surface area contributed by atoms with Crippen LogP contribution in [0.3, 0.4) is 0 Å². The van der Waals surface area contributed by atoms with E-state index in [1.54, 1.807) is 18.2 Å². The molecule has 0 radical (unpaired) electrons. The molecule has 2 rings (SSSR count). The standard InChI is InChI=1S/C13H16Cl2N2O2/c14-9-3-4-12(11(15)6-9)17-13(18)8-16-7-10-2-1-5-19-10/h3-4,6,10,16H,1-2,5,7-8H2,(H,17,18). The third-order valence-corrected chi connectivity index (χ3v) is 3.43. The first-order valence-corrected chi connectivity index (χ1v) is 6.98. The van der Waals surface area contributed by atoms with Crippen molar-refractivity contribution in [2.24, 2.45) is 0 Å². The smallest absolute Gasteiger partial charge is 0.238 e. The number of hydrogen-bond acceptors (Lipinski definition) is 3. The molecule has 0 aromatic heterocycles. The van der Waals surface area contributed by atoms with Crippen LogP contribution in [0.15, 0.2) is 18.2 Å². The first-order valence-electron chi connectivity index (χ1n) is 6.22. The Morgan fingerprint density at radius 3 is 2.95 bits per heavy atom. The van der Waals surface area contributed by atoms with Gasteiger partial charge in [-0.3, -0.25) is 4.79 Å². The highest BCUT2D eigenvalue weighted by Crippen LogP contribution is 2.25. The fourth-order valence-electron chi connectivity index (χ4n) is 1.94. The van der Waals surface area contributed by atoms with E-state index in [2.05, 4.69) is 10.6 Å². The van der Waals surface area contributed by atoms with Gasteiger partial charge in [0.15, 0.2) is 0 Å². The molecule has 104 valence electrons. The molecule has 1 amide bonds. The zero-order valence-electron chi connectivity index (χ0n) is 10.4. The zero-order chi connectivity index (χ0) is 13.7. The van der Waals surface area contributed by atoms with E-state index in [9.17, 15) is 4.79 Å². The highest BCUT2D eigenvalue weighted by molar-refractivity contribution is 6.36. The maximum Gasteiger partial charge on any atom is 0.238 e. The molecular weight excluding hydrogens is 287 g/mol. The first-order chi connectivity index (χ1) is 9.15. The van der Waals surface area contributed by atoms with Gasteiger partial charge in [-0.05, 0) is 31.0 Å². The summed E-state index contributed by atoms with van der Waals surface area (Å²) in [4.78, 5) is 11.7. The number of anilines is 1. The molecule has 0 spiro atoms. The van der Waals surface area contributed by atoms with E-state index in [1.807, 2.05) is 0 Å². The Balaban J connectivity index is 1.74. The second kappa shape index (κ2) is 7.10. The van der Waals surface area contributed by atoms with Crippen molar-refractivity contribution < 1.29 is 9.53 Å². The van der Waals surface area contributed by atoms with Gasteiger partial charge in [-0.25, -0.2) is 0 Å². The maximum atomic E-state index is 11.7. The Labute approximate surface area is 122 Å². The molecule has 1 saturated heterocycles. The van der Waals surface area contributed by atoms with Crippen molar-refractivity contribution in [3.63, 3.8) is 0 Å². The molecule has 0 aliphatic carbocycles. The lowest BCUT2D eigenvalue weighted by Gasteiger charge is -2.11. The summed E-state index contributed by atoms with van der Waals surface area (Å²) in [5.74, 6) is -0.137. The van der Waals surface area contributed by atoms with Crippen molar-refractivity contribution in [3.05, 3.63) is 28.2 Å². The van der Waals surface area contributed by atoms with E-state index in [0.29, 0.717) is 22.3 Å². The van der Waals surface area contributed by atoms with Crippen molar-refractivity contribution in [1.82, 2.24) is 5.32 Å². The van der Waals surface area contributed by atoms with E-state index in [1.165, 1.54) is 0 Å². The van der Waals surface area contributed by atoms with Crippen molar-refractivity contribution in [2.45, 2.75) is 18.9 Å². The van der Waals surface area contributed by atoms with Crippen LogP contribution in [0, 0.1) is 0 Å². The van der Waals surface area contributed by atoms with Crippen LogP contribution in [-0.2, 0) is 9.53 Å². The highest BCUT2D eigenvalue weighted by Gasteiger charge is 2.15. The van der Waals surface area contributed by atoms with Crippen LogP contribution in [0.4, 0.5) is 5.69 Å². The minimum atomic E-state index is -0.137. The van der Waals surface area contributed by atoms with E-state index in [0.717, 1.165) is 19.4 Å². The van der Waals surface area contributed by atoms with Crippen molar-refractivity contribution in [3.8, 4) is 0 Å². The molecule has 0 saturated carbocycles. The largest absolute Gasteiger partial charge is 0.377 e. The topological polar surface area (TPSA) is 50.4 Å². The average molecular weight is 303 g/mol. The number of ether oxygens (including phenoxy) is 1. The number of carbonyl (C=O) groups excluding carboxylic acids is 1. The first kappa shape index (κ1) is 14.6. The Bertz CT molecular complexity index is 448. The highest BCUT2D eigenvalue weighted by atomic mass is 35.5. The third kappa shape index (κ3) is 4.66. The fraction of sp³-hybridized carbons (Fsp3) is 0.462. The SMILES string of the molecule is O=C(CNCC1CCCO1)Nc1ccc(Cl)cc1Cl. The van der Waals surface area contributed by atoms with Crippen molar-refractivity contribution >= 4 is 34.8 Å². The summed E-state index contributed by atoms with van der Waals surface area (Å²) >= 11 is 11.8. The van der Waals surface area contributed by atoms with E-state index < -0.39 is 0 Å². The van der Waals surface area contributed by atoms with Gasteiger partial charge < -0.3 is 15.4 Å². The zero-order valence-corrected chi connectivity index (χ0v) is 11.9. The van der Waals surface area contributed by atoms with Crippen LogP contribution in [0.5, 0.6) is 0 Å². The average Bonchev–Trinajstić information content (AvgIpc) is 2.86. The summed E-state index contributed by atoms with van der Waals surface area (Å²) in [6.07, 6.45) is 2.38. The summed E-state index contributed by atoms with van der Waals surface area (Å²) < 4.78 is 5.46. The van der Waals surface area contributed by atoms with E-state index >= 15 is 0 Å². The van der Waals surface area contributed by atoms with Crippen LogP contribution in [0.1, 0.15) is 12.8 Å². The van der Waals surface area contributed by atoms with E-state index in [-0.39, 0.29) is 18.6 Å². The quantitative estimate of drug-likeness (QED) is 0.879.